The van der Waals surface area contributed by atoms with Crippen molar-refractivity contribution < 1.29 is 8.78 Å². The summed E-state index contributed by atoms with van der Waals surface area (Å²) in [5.41, 5.74) is 2.02. The minimum Gasteiger partial charge on any atom is -0.316 e. The Hall–Kier alpha value is -1.27. The highest BCUT2D eigenvalue weighted by Crippen LogP contribution is 2.23. The first kappa shape index (κ1) is 16.1. The molecule has 0 radical (unpaired) electrons. The zero-order chi connectivity index (χ0) is 15.6. The van der Waals surface area contributed by atoms with Gasteiger partial charge < -0.3 is 5.32 Å². The Kier molecular flexibility index (Phi) is 5.11. The van der Waals surface area contributed by atoms with E-state index < -0.39 is 11.6 Å². The van der Waals surface area contributed by atoms with Crippen LogP contribution in [0.15, 0.2) is 22.7 Å². The second-order valence-corrected chi connectivity index (χ2v) is 5.86. The molecule has 0 bridgehead atoms. The molecular formula is C15H18BrF2N3. The zero-order valence-electron chi connectivity index (χ0n) is 12.3. The maximum absolute atomic E-state index is 13.8. The number of hydrogen-bond acceptors (Lipinski definition) is 2. The van der Waals surface area contributed by atoms with Crippen LogP contribution in [0.1, 0.15) is 17.0 Å². The Balaban J connectivity index is 2.21. The number of hydrogen-bond donors (Lipinski definition) is 1. The van der Waals surface area contributed by atoms with Crippen LogP contribution in [0.3, 0.4) is 0 Å². The molecule has 1 aromatic heterocycles. The van der Waals surface area contributed by atoms with Crippen molar-refractivity contribution in [2.24, 2.45) is 7.05 Å². The van der Waals surface area contributed by atoms with Gasteiger partial charge in [0.15, 0.2) is 0 Å². The van der Waals surface area contributed by atoms with E-state index in [-0.39, 0.29) is 18.0 Å². The first-order chi connectivity index (χ1) is 9.93. The summed E-state index contributed by atoms with van der Waals surface area (Å²) in [6.07, 6.45) is 0.911. The quantitative estimate of drug-likeness (QED) is 0.890. The number of nitrogens with zero attached hydrogens (tertiary/aromatic N) is 2. The Bertz CT molecular complexity index is 620. The number of halogens is 3. The Morgan fingerprint density at radius 2 is 1.90 bits per heavy atom. The van der Waals surface area contributed by atoms with E-state index in [0.29, 0.717) is 6.42 Å². The number of likely N-dealkylation sites (N-methyl/N-ethyl adjacent to an activating group) is 1. The summed E-state index contributed by atoms with van der Waals surface area (Å²) in [7, 11) is 3.66. The van der Waals surface area contributed by atoms with E-state index in [1.165, 1.54) is 18.2 Å². The molecule has 0 aliphatic rings. The molecule has 0 spiro atoms. The van der Waals surface area contributed by atoms with Crippen LogP contribution in [0.4, 0.5) is 8.78 Å². The fraction of sp³-hybridized carbons (Fsp3) is 0.400. The molecule has 0 saturated heterocycles. The van der Waals surface area contributed by atoms with Gasteiger partial charge in [0.25, 0.3) is 0 Å². The van der Waals surface area contributed by atoms with Crippen molar-refractivity contribution in [1.29, 1.82) is 0 Å². The predicted molar refractivity (Wildman–Crippen MR) is 82.3 cm³/mol. The molecule has 1 atom stereocenters. The van der Waals surface area contributed by atoms with E-state index in [4.69, 9.17) is 0 Å². The van der Waals surface area contributed by atoms with Gasteiger partial charge in [-0.05, 0) is 48.5 Å². The summed E-state index contributed by atoms with van der Waals surface area (Å²) < 4.78 is 30.2. The topological polar surface area (TPSA) is 29.9 Å². The van der Waals surface area contributed by atoms with Gasteiger partial charge in [-0.3, -0.25) is 4.68 Å². The highest BCUT2D eigenvalue weighted by molar-refractivity contribution is 9.10. The third-order valence-electron chi connectivity index (χ3n) is 3.62. The van der Waals surface area contributed by atoms with Crippen molar-refractivity contribution in [3.63, 3.8) is 0 Å². The monoisotopic (exact) mass is 357 g/mol. The second-order valence-electron chi connectivity index (χ2n) is 5.06. The molecule has 3 nitrogen and oxygen atoms in total. The Labute approximate surface area is 131 Å². The van der Waals surface area contributed by atoms with Crippen molar-refractivity contribution in [2.45, 2.75) is 25.8 Å². The minimum absolute atomic E-state index is 0.0810. The van der Waals surface area contributed by atoms with E-state index in [0.717, 1.165) is 15.9 Å². The smallest absolute Gasteiger partial charge is 0.129 e. The van der Waals surface area contributed by atoms with Crippen LogP contribution < -0.4 is 5.32 Å². The van der Waals surface area contributed by atoms with E-state index in [1.54, 1.807) is 11.7 Å². The average molecular weight is 358 g/mol. The molecule has 0 fully saturated rings. The standard InChI is InChI=1S/C15H18BrF2N3/c1-9-15(16)14(21(3)20-9)8-10(19-2)7-11-12(17)5-4-6-13(11)18/h4-6,10,19H,7-8H2,1-3H3. The minimum atomic E-state index is -0.504. The van der Waals surface area contributed by atoms with E-state index in [2.05, 4.69) is 26.3 Å². The molecule has 2 aromatic rings. The fourth-order valence-electron chi connectivity index (χ4n) is 2.39. The van der Waals surface area contributed by atoms with Crippen LogP contribution in [0.25, 0.3) is 0 Å². The van der Waals surface area contributed by atoms with E-state index in [9.17, 15) is 8.78 Å². The van der Waals surface area contributed by atoms with E-state index in [1.807, 2.05) is 14.0 Å². The summed E-state index contributed by atoms with van der Waals surface area (Å²) in [4.78, 5) is 0. The molecule has 1 unspecified atom stereocenters. The molecule has 0 aliphatic carbocycles. The van der Waals surface area contributed by atoms with Crippen molar-refractivity contribution >= 4 is 15.9 Å². The average Bonchev–Trinajstić information content (AvgIpc) is 2.67. The normalized spacial score (nSPS) is 12.7. The van der Waals surface area contributed by atoms with Crippen molar-refractivity contribution in [3.8, 4) is 0 Å². The van der Waals surface area contributed by atoms with Crippen LogP contribution in [-0.4, -0.2) is 22.9 Å². The van der Waals surface area contributed by atoms with Crippen molar-refractivity contribution in [1.82, 2.24) is 15.1 Å². The number of nitrogens with one attached hydrogen (secondary N) is 1. The lowest BCUT2D eigenvalue weighted by Crippen LogP contribution is -2.31. The lowest BCUT2D eigenvalue weighted by Gasteiger charge is -2.17. The van der Waals surface area contributed by atoms with Gasteiger partial charge in [-0.15, -0.1) is 0 Å². The van der Waals surface area contributed by atoms with Crippen molar-refractivity contribution in [2.75, 3.05) is 7.05 Å². The highest BCUT2D eigenvalue weighted by Gasteiger charge is 2.19. The maximum atomic E-state index is 13.8. The van der Waals surface area contributed by atoms with Gasteiger partial charge in [-0.25, -0.2) is 8.78 Å². The van der Waals surface area contributed by atoms with Gasteiger partial charge in [0, 0.05) is 25.1 Å². The lowest BCUT2D eigenvalue weighted by atomic mass is 10.0. The van der Waals surface area contributed by atoms with Crippen LogP contribution >= 0.6 is 15.9 Å². The SMILES string of the molecule is CNC(Cc1c(F)cccc1F)Cc1c(Br)c(C)nn1C. The van der Waals surface area contributed by atoms with Gasteiger partial charge >= 0.3 is 0 Å². The van der Waals surface area contributed by atoms with Crippen LogP contribution in [0, 0.1) is 18.6 Å². The predicted octanol–water partition coefficient (Wildman–Crippen LogP) is 3.14. The number of rotatable bonds is 5. The van der Waals surface area contributed by atoms with E-state index >= 15 is 0 Å². The summed E-state index contributed by atoms with van der Waals surface area (Å²) in [5.74, 6) is -1.01. The van der Waals surface area contributed by atoms with Crippen LogP contribution in [0.5, 0.6) is 0 Å². The molecule has 0 aliphatic heterocycles. The molecule has 2 rings (SSSR count). The molecule has 1 N–H and O–H groups in total. The van der Waals surface area contributed by atoms with Crippen LogP contribution in [0.2, 0.25) is 0 Å². The molecule has 1 heterocycles. The number of aromatic nitrogens is 2. The summed E-state index contributed by atoms with van der Waals surface area (Å²) in [6, 6.07) is 3.87. The molecular weight excluding hydrogens is 340 g/mol. The zero-order valence-corrected chi connectivity index (χ0v) is 13.8. The molecule has 0 amide bonds. The molecule has 0 saturated carbocycles. The Morgan fingerprint density at radius 3 is 2.38 bits per heavy atom. The number of benzene rings is 1. The van der Waals surface area contributed by atoms with Crippen molar-refractivity contribution in [3.05, 3.63) is 51.3 Å². The second kappa shape index (κ2) is 6.66. The third kappa shape index (κ3) is 3.49. The summed E-state index contributed by atoms with van der Waals surface area (Å²) in [5, 5.41) is 7.46. The molecule has 114 valence electrons. The summed E-state index contributed by atoms with van der Waals surface area (Å²) >= 11 is 3.51. The highest BCUT2D eigenvalue weighted by atomic mass is 79.9. The molecule has 21 heavy (non-hydrogen) atoms. The van der Waals surface area contributed by atoms with Gasteiger partial charge in [-0.2, -0.15) is 5.10 Å². The third-order valence-corrected chi connectivity index (χ3v) is 4.65. The first-order valence-corrected chi connectivity index (χ1v) is 7.51. The van der Waals surface area contributed by atoms with Gasteiger partial charge in [-0.1, -0.05) is 6.07 Å². The largest absolute Gasteiger partial charge is 0.316 e. The lowest BCUT2D eigenvalue weighted by molar-refractivity contribution is 0.492. The summed E-state index contributed by atoms with van der Waals surface area (Å²) in [6.45, 7) is 1.92. The van der Waals surface area contributed by atoms with Gasteiger partial charge in [0.05, 0.1) is 15.9 Å². The van der Waals surface area contributed by atoms with Gasteiger partial charge in [0.1, 0.15) is 11.6 Å². The first-order valence-electron chi connectivity index (χ1n) is 6.72. The number of aryl methyl sites for hydroxylation is 2. The molecule has 1 aromatic carbocycles. The van der Waals surface area contributed by atoms with Crippen LogP contribution in [-0.2, 0) is 19.9 Å². The Morgan fingerprint density at radius 1 is 1.29 bits per heavy atom. The van der Waals surface area contributed by atoms with Gasteiger partial charge in [0.2, 0.25) is 0 Å². The molecule has 6 heteroatoms. The fourth-order valence-corrected chi connectivity index (χ4v) is 2.88. The maximum Gasteiger partial charge on any atom is 0.129 e.